The van der Waals surface area contributed by atoms with Crippen LogP contribution in [0.4, 0.5) is 0 Å². The van der Waals surface area contributed by atoms with E-state index in [0.717, 1.165) is 0 Å². The fourth-order valence-electron chi connectivity index (χ4n) is 2.58. The molecule has 3 aromatic rings. The molecule has 0 atom stereocenters. The molecule has 3 rings (SSSR count). The number of nitrogens with zero attached hydrogens (tertiary/aromatic N) is 1. The van der Waals surface area contributed by atoms with Crippen molar-refractivity contribution in [2.75, 3.05) is 13.7 Å². The third kappa shape index (κ3) is 7.01. The van der Waals surface area contributed by atoms with Crippen LogP contribution in [-0.4, -0.2) is 31.8 Å². The molecule has 0 fully saturated rings. The van der Waals surface area contributed by atoms with E-state index in [-0.39, 0.29) is 33.7 Å². The van der Waals surface area contributed by atoms with Crippen LogP contribution in [0.15, 0.2) is 59.7 Å². The highest BCUT2D eigenvalue weighted by Gasteiger charge is 2.14. The van der Waals surface area contributed by atoms with Crippen LogP contribution in [-0.2, 0) is 4.79 Å². The summed E-state index contributed by atoms with van der Waals surface area (Å²) in [6.07, 6.45) is 1.39. The quantitative estimate of drug-likeness (QED) is 0.162. The van der Waals surface area contributed by atoms with Crippen LogP contribution in [0, 0.1) is 0 Å². The Labute approximate surface area is 215 Å². The van der Waals surface area contributed by atoms with Crippen LogP contribution in [0.25, 0.3) is 0 Å². The summed E-state index contributed by atoms with van der Waals surface area (Å²) in [5, 5.41) is 5.18. The largest absolute Gasteiger partial charge is 0.493 e. The molecule has 7 nitrogen and oxygen atoms in total. The molecular formula is C23H16Cl4N2O5. The number of amides is 1. The number of rotatable bonds is 8. The normalized spacial score (nSPS) is 10.7. The zero-order valence-electron chi connectivity index (χ0n) is 17.5. The molecule has 34 heavy (non-hydrogen) atoms. The molecule has 0 saturated carbocycles. The van der Waals surface area contributed by atoms with Crippen molar-refractivity contribution in [3.8, 4) is 17.2 Å². The van der Waals surface area contributed by atoms with Gasteiger partial charge in [0.1, 0.15) is 5.75 Å². The minimum atomic E-state index is -0.633. The number of halogens is 4. The van der Waals surface area contributed by atoms with E-state index in [4.69, 9.17) is 60.6 Å². The maximum atomic E-state index is 12.4. The Morgan fingerprint density at radius 1 is 0.882 bits per heavy atom. The van der Waals surface area contributed by atoms with Crippen LogP contribution < -0.4 is 19.6 Å². The van der Waals surface area contributed by atoms with Gasteiger partial charge in [0.25, 0.3) is 5.91 Å². The first-order chi connectivity index (χ1) is 16.3. The van der Waals surface area contributed by atoms with E-state index in [1.54, 1.807) is 24.3 Å². The first kappa shape index (κ1) is 25.6. The zero-order valence-corrected chi connectivity index (χ0v) is 20.5. The van der Waals surface area contributed by atoms with Gasteiger partial charge in [-0.2, -0.15) is 5.10 Å². The van der Waals surface area contributed by atoms with E-state index < -0.39 is 11.9 Å². The number of hydrogen-bond acceptors (Lipinski definition) is 6. The summed E-state index contributed by atoms with van der Waals surface area (Å²) in [6.45, 7) is -0.300. The lowest BCUT2D eigenvalue weighted by Crippen LogP contribution is -2.24. The Bertz CT molecular complexity index is 1250. The van der Waals surface area contributed by atoms with E-state index in [1.807, 2.05) is 0 Å². The van der Waals surface area contributed by atoms with Crippen molar-refractivity contribution in [1.29, 1.82) is 0 Å². The number of esters is 1. The van der Waals surface area contributed by atoms with Crippen LogP contribution in [0.1, 0.15) is 15.9 Å². The minimum absolute atomic E-state index is 0.188. The lowest BCUT2D eigenvalue weighted by Gasteiger charge is -2.10. The molecule has 0 aliphatic rings. The number of hydrogen-bond donors (Lipinski definition) is 1. The third-order valence-electron chi connectivity index (χ3n) is 4.20. The van der Waals surface area contributed by atoms with Gasteiger partial charge in [0.05, 0.1) is 34.0 Å². The second kappa shape index (κ2) is 11.9. The minimum Gasteiger partial charge on any atom is -0.493 e. The predicted octanol–water partition coefficient (Wildman–Crippen LogP) is 6.06. The standard InChI is InChI=1S/C23H16Cl4N2O5/c1-32-21-8-13(2-6-20(21)34-23(31)14-3-5-16(25)17(26)9-14)11-28-29-22(30)12-33-19-7-4-15(24)10-18(19)27/h2-11H,12H2,1H3,(H,29,30)/b28-11-. The van der Waals surface area contributed by atoms with E-state index in [9.17, 15) is 9.59 Å². The topological polar surface area (TPSA) is 86.2 Å². The number of carbonyl (C=O) groups excluding carboxylic acids is 2. The lowest BCUT2D eigenvalue weighted by molar-refractivity contribution is -0.123. The van der Waals surface area contributed by atoms with Gasteiger partial charge in [-0.1, -0.05) is 46.4 Å². The van der Waals surface area contributed by atoms with Gasteiger partial charge in [-0.25, -0.2) is 10.2 Å². The Hall–Kier alpha value is -2.97. The van der Waals surface area contributed by atoms with Crippen molar-refractivity contribution >= 4 is 64.5 Å². The first-order valence-corrected chi connectivity index (χ1v) is 11.0. The van der Waals surface area contributed by atoms with E-state index in [2.05, 4.69) is 10.5 Å². The van der Waals surface area contributed by atoms with E-state index >= 15 is 0 Å². The number of hydrazone groups is 1. The molecule has 0 radical (unpaired) electrons. The number of carbonyl (C=O) groups is 2. The summed E-state index contributed by atoms with van der Waals surface area (Å²) in [5.41, 5.74) is 3.14. The zero-order chi connectivity index (χ0) is 24.7. The third-order valence-corrected chi connectivity index (χ3v) is 5.47. The smallest absolute Gasteiger partial charge is 0.343 e. The monoisotopic (exact) mass is 540 g/mol. The number of nitrogens with one attached hydrogen (secondary N) is 1. The molecule has 1 amide bonds. The SMILES string of the molecule is COc1cc(/C=N\NC(=O)COc2ccc(Cl)cc2Cl)ccc1OC(=O)c1ccc(Cl)c(Cl)c1. The number of ether oxygens (including phenoxy) is 3. The van der Waals surface area contributed by atoms with Crippen LogP contribution in [0.2, 0.25) is 20.1 Å². The fraction of sp³-hybridized carbons (Fsp3) is 0.0870. The fourth-order valence-corrected chi connectivity index (χ4v) is 3.34. The van der Waals surface area contributed by atoms with Gasteiger partial charge in [-0.3, -0.25) is 4.79 Å². The van der Waals surface area contributed by atoms with Crippen molar-refractivity contribution in [3.05, 3.63) is 85.8 Å². The molecule has 1 N–H and O–H groups in total. The summed E-state index contributed by atoms with van der Waals surface area (Å²) in [5.74, 6) is -0.342. The number of benzene rings is 3. The van der Waals surface area contributed by atoms with Gasteiger partial charge in [-0.15, -0.1) is 0 Å². The summed E-state index contributed by atoms with van der Waals surface area (Å²) in [4.78, 5) is 24.3. The average Bonchev–Trinajstić information content (AvgIpc) is 2.81. The second-order valence-electron chi connectivity index (χ2n) is 6.59. The number of methoxy groups -OCH3 is 1. The van der Waals surface area contributed by atoms with E-state index in [0.29, 0.717) is 21.4 Å². The Morgan fingerprint density at radius 2 is 1.65 bits per heavy atom. The molecule has 0 unspecified atom stereocenters. The molecule has 0 heterocycles. The Balaban J connectivity index is 1.58. The first-order valence-electron chi connectivity index (χ1n) is 9.52. The second-order valence-corrected chi connectivity index (χ2v) is 8.24. The summed E-state index contributed by atoms with van der Waals surface area (Å²) in [6, 6.07) is 13.8. The molecule has 0 aliphatic carbocycles. The van der Waals surface area contributed by atoms with Crippen molar-refractivity contribution in [2.24, 2.45) is 5.10 Å². The molecule has 176 valence electrons. The van der Waals surface area contributed by atoms with Crippen LogP contribution in [0.3, 0.4) is 0 Å². The summed E-state index contributed by atoms with van der Waals surface area (Å²) < 4.78 is 16.0. The van der Waals surface area contributed by atoms with Crippen molar-refractivity contribution < 1.29 is 23.8 Å². The highest BCUT2D eigenvalue weighted by molar-refractivity contribution is 6.42. The average molecular weight is 542 g/mol. The molecule has 11 heteroatoms. The molecule has 0 saturated heterocycles. The van der Waals surface area contributed by atoms with Crippen LogP contribution in [0.5, 0.6) is 17.2 Å². The lowest BCUT2D eigenvalue weighted by atomic mass is 10.2. The van der Waals surface area contributed by atoms with Crippen LogP contribution >= 0.6 is 46.4 Å². The van der Waals surface area contributed by atoms with Gasteiger partial charge in [0.2, 0.25) is 0 Å². The van der Waals surface area contributed by atoms with E-state index in [1.165, 1.54) is 43.7 Å². The highest BCUT2D eigenvalue weighted by atomic mass is 35.5. The summed E-state index contributed by atoms with van der Waals surface area (Å²) >= 11 is 23.6. The molecule has 0 spiro atoms. The molecular weight excluding hydrogens is 526 g/mol. The molecule has 0 aromatic heterocycles. The van der Waals surface area contributed by atoms with Crippen molar-refractivity contribution in [1.82, 2.24) is 5.43 Å². The predicted molar refractivity (Wildman–Crippen MR) is 132 cm³/mol. The van der Waals surface area contributed by atoms with Gasteiger partial charge < -0.3 is 14.2 Å². The molecule has 0 bridgehead atoms. The van der Waals surface area contributed by atoms with Crippen molar-refractivity contribution in [3.63, 3.8) is 0 Å². The highest BCUT2D eigenvalue weighted by Crippen LogP contribution is 2.30. The maximum Gasteiger partial charge on any atom is 0.343 e. The maximum absolute atomic E-state index is 12.4. The Kier molecular flexibility index (Phi) is 9.01. The van der Waals surface area contributed by atoms with Gasteiger partial charge in [0, 0.05) is 5.02 Å². The van der Waals surface area contributed by atoms with Gasteiger partial charge in [0.15, 0.2) is 18.1 Å². The van der Waals surface area contributed by atoms with Crippen molar-refractivity contribution in [2.45, 2.75) is 0 Å². The molecule has 3 aromatic carbocycles. The Morgan fingerprint density at radius 3 is 2.35 bits per heavy atom. The van der Waals surface area contributed by atoms with Gasteiger partial charge >= 0.3 is 5.97 Å². The molecule has 0 aliphatic heterocycles. The van der Waals surface area contributed by atoms with Gasteiger partial charge in [-0.05, 0) is 60.2 Å². The summed E-state index contributed by atoms with van der Waals surface area (Å²) in [7, 11) is 1.42.